The molecule has 9 aromatic carbocycles. The normalized spacial score (nSPS) is 13.1. The molecule has 0 unspecified atom stereocenters. The summed E-state index contributed by atoms with van der Waals surface area (Å²) in [6.07, 6.45) is 0. The largest absolute Gasteiger partial charge is 0.311 e. The van der Waals surface area contributed by atoms with E-state index in [0.717, 1.165) is 50.8 Å². The Morgan fingerprint density at radius 1 is 0.388 bits per heavy atom. The van der Waals surface area contributed by atoms with Crippen molar-refractivity contribution in [1.82, 2.24) is 9.97 Å². The van der Waals surface area contributed by atoms with Crippen molar-refractivity contribution in [2.24, 2.45) is 0 Å². The van der Waals surface area contributed by atoms with Gasteiger partial charge in [-0.1, -0.05) is 199 Å². The van der Waals surface area contributed by atoms with Crippen LogP contribution in [0, 0.1) is 0 Å². The third-order valence-electron chi connectivity index (χ3n) is 13.9. The number of benzene rings is 9. The summed E-state index contributed by atoms with van der Waals surface area (Å²) in [6.45, 7) is 13.6. The SMILES string of the molecule is CC(C)(C)c1ccc(N2c3cc(-c4nc(-c5ccccc5)cc(-c5ccccc5)n4)cc4c3B(c3ccc5ccccc5c32)c2ccc3ccccc3c2N4c2ccc(C(C)(C)C)cc2)cc1. The number of rotatable bonds is 5. The van der Waals surface area contributed by atoms with Crippen molar-refractivity contribution in [1.29, 1.82) is 0 Å². The molecule has 5 heteroatoms. The van der Waals surface area contributed by atoms with Crippen LogP contribution in [-0.2, 0) is 10.8 Å². The summed E-state index contributed by atoms with van der Waals surface area (Å²) in [5, 5.41) is 4.85. The molecule has 0 atom stereocenters. The van der Waals surface area contributed by atoms with Crippen LogP contribution in [-0.4, -0.2) is 16.7 Å². The predicted octanol–water partition coefficient (Wildman–Crippen LogP) is 14.5. The van der Waals surface area contributed by atoms with Crippen LogP contribution in [0.25, 0.3) is 55.4 Å². The molecule has 4 nitrogen and oxygen atoms in total. The van der Waals surface area contributed by atoms with Crippen LogP contribution in [0.5, 0.6) is 0 Å². The number of anilines is 6. The minimum atomic E-state index is -0.0649. The van der Waals surface area contributed by atoms with Crippen molar-refractivity contribution in [2.75, 3.05) is 9.80 Å². The molecule has 0 radical (unpaired) electrons. The van der Waals surface area contributed by atoms with Crippen molar-refractivity contribution < 1.29 is 0 Å². The van der Waals surface area contributed by atoms with Crippen molar-refractivity contribution in [3.8, 4) is 33.9 Å². The smallest absolute Gasteiger partial charge is 0.252 e. The van der Waals surface area contributed by atoms with Crippen LogP contribution in [0.3, 0.4) is 0 Å². The fraction of sp³-hybridized carbons (Fsp3) is 0.129. The molecule has 12 rings (SSSR count). The average molecular weight is 863 g/mol. The Hall–Kier alpha value is -7.76. The molecular weight excluding hydrogens is 812 g/mol. The first-order valence-electron chi connectivity index (χ1n) is 23.5. The van der Waals surface area contributed by atoms with Crippen molar-refractivity contribution in [3.63, 3.8) is 0 Å². The number of hydrogen-bond donors (Lipinski definition) is 0. The Morgan fingerprint density at radius 2 is 0.791 bits per heavy atom. The first-order chi connectivity index (χ1) is 32.5. The van der Waals surface area contributed by atoms with Crippen LogP contribution in [0.2, 0.25) is 0 Å². The van der Waals surface area contributed by atoms with Gasteiger partial charge in [-0.05, 0) is 91.6 Å². The van der Waals surface area contributed by atoms with E-state index in [9.17, 15) is 0 Å². The molecule has 3 heterocycles. The van der Waals surface area contributed by atoms with E-state index in [1.807, 2.05) is 0 Å². The lowest BCUT2D eigenvalue weighted by Crippen LogP contribution is -2.61. The van der Waals surface area contributed by atoms with Crippen molar-refractivity contribution in [2.45, 2.75) is 52.4 Å². The van der Waals surface area contributed by atoms with Gasteiger partial charge in [0.1, 0.15) is 0 Å². The van der Waals surface area contributed by atoms with Gasteiger partial charge < -0.3 is 9.80 Å². The molecule has 0 spiro atoms. The van der Waals surface area contributed by atoms with Gasteiger partial charge in [0.2, 0.25) is 0 Å². The summed E-state index contributed by atoms with van der Waals surface area (Å²) in [6, 6.07) is 73.6. The lowest BCUT2D eigenvalue weighted by atomic mass is 9.33. The fourth-order valence-electron chi connectivity index (χ4n) is 10.5. The summed E-state index contributed by atoms with van der Waals surface area (Å²) in [7, 11) is 0. The molecule has 0 amide bonds. The van der Waals surface area contributed by atoms with Gasteiger partial charge in [0, 0.05) is 61.6 Å². The summed E-state index contributed by atoms with van der Waals surface area (Å²) in [5.74, 6) is 0.675. The van der Waals surface area contributed by atoms with Gasteiger partial charge in [-0.25, -0.2) is 9.97 Å². The molecule has 0 fully saturated rings. The van der Waals surface area contributed by atoms with Gasteiger partial charge in [-0.3, -0.25) is 0 Å². The Labute approximate surface area is 394 Å². The van der Waals surface area contributed by atoms with E-state index in [1.54, 1.807) is 0 Å². The van der Waals surface area contributed by atoms with Gasteiger partial charge in [0.25, 0.3) is 6.71 Å². The monoisotopic (exact) mass is 862 g/mol. The fourth-order valence-corrected chi connectivity index (χ4v) is 10.5. The van der Waals surface area contributed by atoms with Gasteiger partial charge in [-0.2, -0.15) is 0 Å². The predicted molar refractivity (Wildman–Crippen MR) is 285 cm³/mol. The van der Waals surface area contributed by atoms with Crippen LogP contribution >= 0.6 is 0 Å². The molecular formula is C62H51BN4. The van der Waals surface area contributed by atoms with Crippen LogP contribution < -0.4 is 26.2 Å². The Bertz CT molecular complexity index is 3310. The third-order valence-corrected chi connectivity index (χ3v) is 13.9. The quantitative estimate of drug-likeness (QED) is 0.161. The average Bonchev–Trinajstić information content (AvgIpc) is 3.36. The molecule has 0 bridgehead atoms. The van der Waals surface area contributed by atoms with Gasteiger partial charge in [0.15, 0.2) is 5.82 Å². The summed E-state index contributed by atoms with van der Waals surface area (Å²) < 4.78 is 0. The maximum absolute atomic E-state index is 5.47. The minimum Gasteiger partial charge on any atom is -0.311 e. The van der Waals surface area contributed by atoms with Crippen LogP contribution in [0.15, 0.2) is 200 Å². The van der Waals surface area contributed by atoms with E-state index in [1.165, 1.54) is 60.4 Å². The van der Waals surface area contributed by atoms with E-state index < -0.39 is 0 Å². The molecule has 0 saturated heterocycles. The second-order valence-corrected chi connectivity index (χ2v) is 20.3. The maximum Gasteiger partial charge on any atom is 0.252 e. The van der Waals surface area contributed by atoms with E-state index in [2.05, 4.69) is 252 Å². The highest BCUT2D eigenvalue weighted by molar-refractivity contribution is 7.00. The molecule has 0 saturated carbocycles. The Balaban J connectivity index is 1.22. The zero-order chi connectivity index (χ0) is 45.6. The number of hydrogen-bond acceptors (Lipinski definition) is 4. The second-order valence-electron chi connectivity index (χ2n) is 20.3. The van der Waals surface area contributed by atoms with E-state index in [-0.39, 0.29) is 17.5 Å². The number of nitrogens with zero attached hydrogens (tertiary/aromatic N) is 4. The third kappa shape index (κ3) is 6.83. The summed E-state index contributed by atoms with van der Waals surface area (Å²) in [4.78, 5) is 16.0. The van der Waals surface area contributed by atoms with Crippen LogP contribution in [0.4, 0.5) is 34.1 Å². The highest BCUT2D eigenvalue weighted by Crippen LogP contribution is 2.49. The van der Waals surface area contributed by atoms with E-state index in [0.29, 0.717) is 5.82 Å². The molecule has 2 aliphatic rings. The standard InChI is InChI=1S/C62H51BN4/c1-61(2,3)45-27-31-47(32-28-45)66-55-37-44(60-64-53(42-19-9-7-10-20-42)39-54(65-60)43-21-11-8-12-22-43)38-56-57(55)63(51-35-25-40-17-13-15-23-49(40)58(51)66)52-36-26-41-18-14-16-24-50(41)59(52)67(56)48-33-29-46(30-34-48)62(4,5)6/h7-39H,1-6H3. The highest BCUT2D eigenvalue weighted by Gasteiger charge is 2.45. The summed E-state index contributed by atoms with van der Waals surface area (Å²) in [5.41, 5.74) is 18.1. The van der Waals surface area contributed by atoms with Gasteiger partial charge in [-0.15, -0.1) is 0 Å². The van der Waals surface area contributed by atoms with Gasteiger partial charge >= 0.3 is 0 Å². The zero-order valence-electron chi connectivity index (χ0n) is 38.9. The molecule has 0 N–H and O–H groups in total. The number of aromatic nitrogens is 2. The molecule has 2 aliphatic heterocycles. The van der Waals surface area contributed by atoms with E-state index in [4.69, 9.17) is 9.97 Å². The lowest BCUT2D eigenvalue weighted by molar-refractivity contribution is 0.590. The molecule has 10 aromatic rings. The molecule has 1 aromatic heterocycles. The zero-order valence-corrected chi connectivity index (χ0v) is 38.9. The Kier molecular flexibility index (Phi) is 9.38. The van der Waals surface area contributed by atoms with Crippen molar-refractivity contribution in [3.05, 3.63) is 211 Å². The minimum absolute atomic E-state index is 0.00228. The molecule has 322 valence electrons. The first kappa shape index (κ1) is 40.7. The topological polar surface area (TPSA) is 32.3 Å². The Morgan fingerprint density at radius 3 is 1.21 bits per heavy atom. The molecule has 67 heavy (non-hydrogen) atoms. The maximum atomic E-state index is 5.47. The lowest BCUT2D eigenvalue weighted by Gasteiger charge is -2.45. The van der Waals surface area contributed by atoms with Gasteiger partial charge in [0.05, 0.1) is 11.4 Å². The molecule has 0 aliphatic carbocycles. The number of fused-ring (bicyclic) bond motifs is 8. The second kappa shape index (κ2) is 15.4. The van der Waals surface area contributed by atoms with E-state index >= 15 is 0 Å². The summed E-state index contributed by atoms with van der Waals surface area (Å²) >= 11 is 0. The highest BCUT2D eigenvalue weighted by atomic mass is 15.2. The van der Waals surface area contributed by atoms with Crippen molar-refractivity contribution >= 4 is 78.8 Å². The van der Waals surface area contributed by atoms with Crippen LogP contribution in [0.1, 0.15) is 52.7 Å². The first-order valence-corrected chi connectivity index (χ1v) is 23.5.